The molecule has 6 heteroatoms. The van der Waals surface area contributed by atoms with Gasteiger partial charge in [-0.3, -0.25) is 0 Å². The van der Waals surface area contributed by atoms with Gasteiger partial charge in [0.2, 0.25) is 5.75 Å². The van der Waals surface area contributed by atoms with Crippen LogP contribution in [0.3, 0.4) is 0 Å². The molecule has 3 rings (SSSR count). The molecule has 2 N–H and O–H groups in total. The van der Waals surface area contributed by atoms with Gasteiger partial charge in [-0.05, 0) is 34.9 Å². The van der Waals surface area contributed by atoms with Gasteiger partial charge in [0.15, 0.2) is 0 Å². The van der Waals surface area contributed by atoms with E-state index in [-0.39, 0.29) is 29.1 Å². The highest BCUT2D eigenvalue weighted by atomic mass is 16.6. The summed E-state index contributed by atoms with van der Waals surface area (Å²) in [7, 11) is 0. The highest BCUT2D eigenvalue weighted by Crippen LogP contribution is 2.52. The normalized spacial score (nSPS) is 27.1. The summed E-state index contributed by atoms with van der Waals surface area (Å²) in [5.41, 5.74) is 6.85. The smallest absolute Gasteiger partial charge is 0.406 e. The van der Waals surface area contributed by atoms with Crippen molar-refractivity contribution >= 4 is 5.82 Å². The van der Waals surface area contributed by atoms with E-state index in [1.54, 1.807) is 19.1 Å². The van der Waals surface area contributed by atoms with E-state index in [0.717, 1.165) is 19.3 Å². The molecule has 0 saturated heterocycles. The van der Waals surface area contributed by atoms with Gasteiger partial charge < -0.3 is 20.6 Å². The standard InChI is InChI=1S/C15H21N3O3/c1-10-5-6-11(14(17-10)18(19)20)21-13-9-12(16)15(13)7-3-2-4-8-15/h5-6,12-13H,2-4,7-9,16H2,1H3. The van der Waals surface area contributed by atoms with Crippen molar-refractivity contribution in [2.24, 2.45) is 11.1 Å². The molecule has 2 fully saturated rings. The van der Waals surface area contributed by atoms with Crippen LogP contribution in [-0.2, 0) is 0 Å². The quantitative estimate of drug-likeness (QED) is 0.683. The molecule has 114 valence electrons. The first-order valence-corrected chi connectivity index (χ1v) is 7.57. The SMILES string of the molecule is Cc1ccc(OC2CC(N)C23CCCCC3)c([N+](=O)[O-])n1. The molecule has 2 aliphatic rings. The molecule has 2 atom stereocenters. The molecular weight excluding hydrogens is 270 g/mol. The summed E-state index contributed by atoms with van der Waals surface area (Å²) in [5.74, 6) is 0.0777. The van der Waals surface area contributed by atoms with Crippen LogP contribution in [0.1, 0.15) is 44.2 Å². The Kier molecular flexibility index (Phi) is 3.57. The maximum atomic E-state index is 11.1. The Bertz CT molecular complexity index is 555. The van der Waals surface area contributed by atoms with Crippen LogP contribution < -0.4 is 10.5 Å². The lowest BCUT2D eigenvalue weighted by molar-refractivity contribution is -0.391. The van der Waals surface area contributed by atoms with Crippen molar-refractivity contribution in [1.82, 2.24) is 4.98 Å². The van der Waals surface area contributed by atoms with Gasteiger partial charge >= 0.3 is 5.82 Å². The van der Waals surface area contributed by atoms with Crippen LogP contribution >= 0.6 is 0 Å². The molecule has 1 heterocycles. The van der Waals surface area contributed by atoms with Crippen LogP contribution in [0.5, 0.6) is 5.75 Å². The average molecular weight is 291 g/mol. The van der Waals surface area contributed by atoms with Crippen LogP contribution in [0.25, 0.3) is 0 Å². The minimum absolute atomic E-state index is 0.0109. The van der Waals surface area contributed by atoms with Crippen molar-refractivity contribution in [2.75, 3.05) is 0 Å². The molecule has 6 nitrogen and oxygen atoms in total. The molecule has 2 unspecified atom stereocenters. The van der Waals surface area contributed by atoms with Crippen LogP contribution in [0, 0.1) is 22.5 Å². The van der Waals surface area contributed by atoms with Crippen LogP contribution in [-0.4, -0.2) is 22.1 Å². The predicted molar refractivity (Wildman–Crippen MR) is 78.2 cm³/mol. The van der Waals surface area contributed by atoms with Gasteiger partial charge in [0, 0.05) is 24.8 Å². The minimum atomic E-state index is -0.478. The summed E-state index contributed by atoms with van der Waals surface area (Å²) >= 11 is 0. The number of nitrogens with two attached hydrogens (primary N) is 1. The van der Waals surface area contributed by atoms with Gasteiger partial charge in [0.25, 0.3) is 0 Å². The summed E-state index contributed by atoms with van der Waals surface area (Å²) in [6, 6.07) is 3.55. The van der Waals surface area contributed by atoms with Crippen molar-refractivity contribution in [2.45, 2.75) is 57.6 Å². The Morgan fingerprint density at radius 3 is 2.71 bits per heavy atom. The Morgan fingerprint density at radius 2 is 2.10 bits per heavy atom. The highest BCUT2D eigenvalue weighted by molar-refractivity contribution is 5.41. The lowest BCUT2D eigenvalue weighted by atomic mass is 9.55. The monoisotopic (exact) mass is 291 g/mol. The number of rotatable bonds is 3. The Hall–Kier alpha value is -1.69. The molecule has 21 heavy (non-hydrogen) atoms. The maximum absolute atomic E-state index is 11.1. The molecule has 0 amide bonds. The van der Waals surface area contributed by atoms with Crippen molar-refractivity contribution in [1.29, 1.82) is 0 Å². The highest BCUT2D eigenvalue weighted by Gasteiger charge is 2.55. The zero-order valence-electron chi connectivity index (χ0n) is 12.2. The van der Waals surface area contributed by atoms with Crippen molar-refractivity contribution in [3.8, 4) is 5.75 Å². The molecule has 1 aromatic rings. The molecule has 1 spiro atoms. The lowest BCUT2D eigenvalue weighted by Gasteiger charge is -2.55. The van der Waals surface area contributed by atoms with Crippen LogP contribution in [0.2, 0.25) is 0 Å². The van der Waals surface area contributed by atoms with E-state index in [0.29, 0.717) is 5.69 Å². The van der Waals surface area contributed by atoms with E-state index in [1.165, 1.54) is 19.3 Å². The fourth-order valence-corrected chi connectivity index (χ4v) is 3.75. The number of nitrogens with zero attached hydrogens (tertiary/aromatic N) is 2. The molecule has 2 aliphatic carbocycles. The first-order chi connectivity index (χ1) is 10.0. The second kappa shape index (κ2) is 5.26. The average Bonchev–Trinajstić information content (AvgIpc) is 2.49. The van der Waals surface area contributed by atoms with Gasteiger partial charge in [-0.15, -0.1) is 0 Å². The summed E-state index contributed by atoms with van der Waals surface area (Å²) in [5, 5.41) is 11.1. The molecule has 0 aromatic carbocycles. The lowest BCUT2D eigenvalue weighted by Crippen LogP contribution is -2.64. The number of ether oxygens (including phenoxy) is 1. The summed E-state index contributed by atoms with van der Waals surface area (Å²) < 4.78 is 5.98. The van der Waals surface area contributed by atoms with Crippen molar-refractivity contribution in [3.63, 3.8) is 0 Å². The van der Waals surface area contributed by atoms with E-state index in [1.807, 2.05) is 0 Å². The first-order valence-electron chi connectivity index (χ1n) is 7.57. The largest absolute Gasteiger partial charge is 0.482 e. The third-order valence-corrected chi connectivity index (χ3v) is 5.05. The molecule has 2 saturated carbocycles. The zero-order valence-corrected chi connectivity index (χ0v) is 12.2. The number of hydrogen-bond donors (Lipinski definition) is 1. The van der Waals surface area contributed by atoms with Crippen LogP contribution in [0.15, 0.2) is 12.1 Å². The number of aryl methyl sites for hydroxylation is 1. The summed E-state index contributed by atoms with van der Waals surface area (Å²) in [4.78, 5) is 14.6. The second-order valence-corrected chi connectivity index (χ2v) is 6.27. The fraction of sp³-hybridized carbons (Fsp3) is 0.667. The van der Waals surface area contributed by atoms with Gasteiger partial charge in [-0.25, -0.2) is 0 Å². The van der Waals surface area contributed by atoms with E-state index >= 15 is 0 Å². The van der Waals surface area contributed by atoms with Crippen molar-refractivity contribution in [3.05, 3.63) is 27.9 Å². The third kappa shape index (κ3) is 2.37. The van der Waals surface area contributed by atoms with Gasteiger partial charge in [-0.1, -0.05) is 19.3 Å². The topological polar surface area (TPSA) is 91.3 Å². The van der Waals surface area contributed by atoms with Crippen molar-refractivity contribution < 1.29 is 9.66 Å². The Labute approximate surface area is 123 Å². The summed E-state index contributed by atoms with van der Waals surface area (Å²) in [6.45, 7) is 1.73. The molecular formula is C15H21N3O3. The number of pyridine rings is 1. The van der Waals surface area contributed by atoms with Crippen LogP contribution in [0.4, 0.5) is 5.82 Å². The van der Waals surface area contributed by atoms with E-state index < -0.39 is 4.92 Å². The number of nitro groups is 1. The fourth-order valence-electron chi connectivity index (χ4n) is 3.75. The third-order valence-electron chi connectivity index (χ3n) is 5.05. The molecule has 1 aromatic heterocycles. The van der Waals surface area contributed by atoms with Gasteiger partial charge in [0.1, 0.15) is 11.8 Å². The predicted octanol–water partition coefficient (Wildman–Crippen LogP) is 2.73. The zero-order chi connectivity index (χ0) is 15.0. The van der Waals surface area contributed by atoms with Gasteiger partial charge in [0.05, 0.1) is 0 Å². The second-order valence-electron chi connectivity index (χ2n) is 6.27. The summed E-state index contributed by atoms with van der Waals surface area (Å²) in [6.07, 6.45) is 6.45. The molecule has 0 radical (unpaired) electrons. The number of hydrogen-bond acceptors (Lipinski definition) is 5. The van der Waals surface area contributed by atoms with Gasteiger partial charge in [-0.2, -0.15) is 0 Å². The maximum Gasteiger partial charge on any atom is 0.406 e. The Morgan fingerprint density at radius 1 is 1.38 bits per heavy atom. The number of aromatic nitrogens is 1. The Balaban J connectivity index is 1.82. The molecule has 0 aliphatic heterocycles. The van der Waals surface area contributed by atoms with E-state index in [4.69, 9.17) is 10.5 Å². The van der Waals surface area contributed by atoms with E-state index in [2.05, 4.69) is 4.98 Å². The van der Waals surface area contributed by atoms with E-state index in [9.17, 15) is 10.1 Å². The molecule has 0 bridgehead atoms. The minimum Gasteiger partial charge on any atom is -0.482 e. The first kappa shape index (κ1) is 14.3.